The number of aryl methyl sites for hydroxylation is 1. The Labute approximate surface area is 124 Å². The van der Waals surface area contributed by atoms with Gasteiger partial charge in [0.25, 0.3) is 0 Å². The smallest absolute Gasteiger partial charge is 0.135 e. The Hall–Kier alpha value is -2.31. The summed E-state index contributed by atoms with van der Waals surface area (Å²) in [6.45, 7) is 2.39. The molecule has 0 saturated carbocycles. The standard InChI is InChI=1S/C18H17FO2/c1-14-5-10-18(16(12-14)4-2-3-11-20)21-13-15-6-8-17(19)9-7-15/h5-10,12,20H,3,11,13H2,1H3. The lowest BCUT2D eigenvalue weighted by Gasteiger charge is -2.09. The minimum Gasteiger partial charge on any atom is -0.488 e. The topological polar surface area (TPSA) is 29.5 Å². The van der Waals surface area contributed by atoms with Gasteiger partial charge in [0.05, 0.1) is 12.2 Å². The van der Waals surface area contributed by atoms with Gasteiger partial charge in [0.15, 0.2) is 0 Å². The zero-order chi connectivity index (χ0) is 15.1. The van der Waals surface area contributed by atoms with Crippen LogP contribution in [-0.2, 0) is 6.61 Å². The van der Waals surface area contributed by atoms with Crippen molar-refractivity contribution >= 4 is 0 Å². The maximum absolute atomic E-state index is 12.9. The number of ether oxygens (including phenoxy) is 1. The van der Waals surface area contributed by atoms with Gasteiger partial charge in [-0.2, -0.15) is 0 Å². The molecule has 0 radical (unpaired) electrons. The molecule has 3 heteroatoms. The van der Waals surface area contributed by atoms with Gasteiger partial charge in [-0.15, -0.1) is 0 Å². The van der Waals surface area contributed by atoms with Crippen LogP contribution in [0.1, 0.15) is 23.1 Å². The highest BCUT2D eigenvalue weighted by atomic mass is 19.1. The molecule has 0 heterocycles. The monoisotopic (exact) mass is 284 g/mol. The van der Waals surface area contributed by atoms with E-state index in [9.17, 15) is 4.39 Å². The fourth-order valence-corrected chi connectivity index (χ4v) is 1.82. The average Bonchev–Trinajstić information content (AvgIpc) is 2.48. The van der Waals surface area contributed by atoms with Crippen molar-refractivity contribution in [1.29, 1.82) is 0 Å². The quantitative estimate of drug-likeness (QED) is 0.871. The molecule has 108 valence electrons. The van der Waals surface area contributed by atoms with Crippen LogP contribution in [0, 0.1) is 24.6 Å². The van der Waals surface area contributed by atoms with E-state index in [1.165, 1.54) is 12.1 Å². The second-order valence-corrected chi connectivity index (χ2v) is 4.69. The van der Waals surface area contributed by atoms with Crippen molar-refractivity contribution in [2.45, 2.75) is 20.0 Å². The van der Waals surface area contributed by atoms with Crippen LogP contribution in [0.4, 0.5) is 4.39 Å². The highest BCUT2D eigenvalue weighted by Gasteiger charge is 2.03. The number of benzene rings is 2. The van der Waals surface area contributed by atoms with Crippen LogP contribution < -0.4 is 4.74 Å². The predicted molar refractivity (Wildman–Crippen MR) is 80.5 cm³/mol. The molecule has 2 nitrogen and oxygen atoms in total. The van der Waals surface area contributed by atoms with Crippen molar-refractivity contribution in [1.82, 2.24) is 0 Å². The average molecular weight is 284 g/mol. The van der Waals surface area contributed by atoms with Crippen molar-refractivity contribution in [3.63, 3.8) is 0 Å². The van der Waals surface area contributed by atoms with Crippen molar-refractivity contribution in [2.24, 2.45) is 0 Å². The summed E-state index contributed by atoms with van der Waals surface area (Å²) < 4.78 is 18.6. The Morgan fingerprint density at radius 1 is 1.14 bits per heavy atom. The van der Waals surface area contributed by atoms with Crippen LogP contribution in [0.3, 0.4) is 0 Å². The number of hydrogen-bond donors (Lipinski definition) is 1. The second-order valence-electron chi connectivity index (χ2n) is 4.69. The van der Waals surface area contributed by atoms with Gasteiger partial charge < -0.3 is 9.84 Å². The van der Waals surface area contributed by atoms with E-state index in [1.54, 1.807) is 12.1 Å². The molecule has 0 unspecified atom stereocenters. The Morgan fingerprint density at radius 3 is 2.62 bits per heavy atom. The lowest BCUT2D eigenvalue weighted by atomic mass is 10.1. The first-order valence-electron chi connectivity index (χ1n) is 6.76. The van der Waals surface area contributed by atoms with Gasteiger partial charge in [-0.3, -0.25) is 0 Å². The predicted octanol–water partition coefficient (Wildman–Crippen LogP) is 3.45. The molecule has 0 aliphatic rings. The number of aliphatic hydroxyl groups excluding tert-OH is 1. The largest absolute Gasteiger partial charge is 0.488 e. The number of aliphatic hydroxyl groups is 1. The van der Waals surface area contributed by atoms with Crippen molar-refractivity contribution in [3.05, 3.63) is 65.0 Å². The molecular weight excluding hydrogens is 267 g/mol. The first-order valence-corrected chi connectivity index (χ1v) is 6.76. The summed E-state index contributed by atoms with van der Waals surface area (Å²) in [5, 5.41) is 8.78. The van der Waals surface area contributed by atoms with E-state index in [4.69, 9.17) is 9.84 Å². The second kappa shape index (κ2) is 7.47. The first kappa shape index (κ1) is 15.1. The zero-order valence-electron chi connectivity index (χ0n) is 11.9. The summed E-state index contributed by atoms with van der Waals surface area (Å²) in [7, 11) is 0. The Bertz CT molecular complexity index is 651. The SMILES string of the molecule is Cc1ccc(OCc2ccc(F)cc2)c(C#CCCO)c1. The van der Waals surface area contributed by atoms with Gasteiger partial charge >= 0.3 is 0 Å². The molecule has 0 bridgehead atoms. The number of rotatable bonds is 4. The lowest BCUT2D eigenvalue weighted by molar-refractivity contribution is 0.304. The van der Waals surface area contributed by atoms with Crippen molar-refractivity contribution < 1.29 is 14.2 Å². The van der Waals surface area contributed by atoms with E-state index in [0.29, 0.717) is 18.8 Å². The molecule has 2 aromatic carbocycles. The van der Waals surface area contributed by atoms with Gasteiger partial charge in [0.2, 0.25) is 0 Å². The summed E-state index contributed by atoms with van der Waals surface area (Å²) in [6, 6.07) is 12.0. The van der Waals surface area contributed by atoms with Gasteiger partial charge in [-0.05, 0) is 42.3 Å². The van der Waals surface area contributed by atoms with Gasteiger partial charge in [0.1, 0.15) is 18.2 Å². The fraction of sp³-hybridized carbons (Fsp3) is 0.222. The third-order valence-corrected chi connectivity index (χ3v) is 2.90. The van der Waals surface area contributed by atoms with E-state index in [-0.39, 0.29) is 12.4 Å². The minimum atomic E-state index is -0.260. The van der Waals surface area contributed by atoms with E-state index < -0.39 is 0 Å². The summed E-state index contributed by atoms with van der Waals surface area (Å²) >= 11 is 0. The molecular formula is C18H17FO2. The molecule has 0 aliphatic carbocycles. The van der Waals surface area contributed by atoms with Gasteiger partial charge in [-0.1, -0.05) is 30.0 Å². The van der Waals surface area contributed by atoms with Gasteiger partial charge in [-0.25, -0.2) is 4.39 Å². The van der Waals surface area contributed by atoms with Crippen LogP contribution in [0.15, 0.2) is 42.5 Å². The van der Waals surface area contributed by atoms with Gasteiger partial charge in [0, 0.05) is 6.42 Å². The third-order valence-electron chi connectivity index (χ3n) is 2.90. The Kier molecular flexibility index (Phi) is 5.36. The van der Waals surface area contributed by atoms with Crippen LogP contribution in [0.25, 0.3) is 0 Å². The van der Waals surface area contributed by atoms with Crippen LogP contribution in [0.2, 0.25) is 0 Å². The highest BCUT2D eigenvalue weighted by Crippen LogP contribution is 2.20. The summed E-state index contributed by atoms with van der Waals surface area (Å²) in [6.07, 6.45) is 0.436. The molecule has 0 saturated heterocycles. The lowest BCUT2D eigenvalue weighted by Crippen LogP contribution is -1.97. The molecule has 0 amide bonds. The molecule has 1 N–H and O–H groups in total. The summed E-state index contributed by atoms with van der Waals surface area (Å²) in [5.41, 5.74) is 2.79. The third kappa shape index (κ3) is 4.62. The van der Waals surface area contributed by atoms with Crippen molar-refractivity contribution in [2.75, 3.05) is 6.61 Å². The van der Waals surface area contributed by atoms with E-state index in [0.717, 1.165) is 16.7 Å². The molecule has 0 fully saturated rings. The molecule has 0 atom stereocenters. The molecule has 0 aromatic heterocycles. The number of hydrogen-bond acceptors (Lipinski definition) is 2. The molecule has 2 rings (SSSR count). The molecule has 0 spiro atoms. The van der Waals surface area contributed by atoms with E-state index in [2.05, 4.69) is 11.8 Å². The fourth-order valence-electron chi connectivity index (χ4n) is 1.82. The highest BCUT2D eigenvalue weighted by molar-refractivity contribution is 5.48. The number of halogens is 1. The maximum atomic E-state index is 12.9. The Balaban J connectivity index is 2.12. The van der Waals surface area contributed by atoms with Crippen LogP contribution in [-0.4, -0.2) is 11.7 Å². The van der Waals surface area contributed by atoms with E-state index >= 15 is 0 Å². The maximum Gasteiger partial charge on any atom is 0.135 e. The zero-order valence-corrected chi connectivity index (χ0v) is 11.9. The first-order chi connectivity index (χ1) is 10.2. The molecule has 2 aromatic rings. The molecule has 21 heavy (non-hydrogen) atoms. The summed E-state index contributed by atoms with van der Waals surface area (Å²) in [4.78, 5) is 0. The minimum absolute atomic E-state index is 0.0462. The summed E-state index contributed by atoms with van der Waals surface area (Å²) in [5.74, 6) is 6.33. The normalized spacial score (nSPS) is 9.86. The van der Waals surface area contributed by atoms with Crippen LogP contribution in [0.5, 0.6) is 5.75 Å². The molecule has 0 aliphatic heterocycles. The Morgan fingerprint density at radius 2 is 1.90 bits per heavy atom. The van der Waals surface area contributed by atoms with Crippen LogP contribution >= 0.6 is 0 Å². The van der Waals surface area contributed by atoms with E-state index in [1.807, 2.05) is 25.1 Å². The van der Waals surface area contributed by atoms with Crippen molar-refractivity contribution in [3.8, 4) is 17.6 Å².